The van der Waals surface area contributed by atoms with E-state index in [9.17, 15) is 4.79 Å². The Balaban J connectivity index is 1.48. The Labute approximate surface area is 240 Å². The van der Waals surface area contributed by atoms with Crippen LogP contribution in [0.2, 0.25) is 0 Å². The second-order valence-corrected chi connectivity index (χ2v) is 11.8. The van der Waals surface area contributed by atoms with E-state index in [-0.39, 0.29) is 11.6 Å². The number of unbranched alkanes of at least 4 members (excludes halogenated alkanes) is 1. The van der Waals surface area contributed by atoms with E-state index < -0.39 is 0 Å². The second-order valence-electron chi connectivity index (χ2n) is 11.8. The highest BCUT2D eigenvalue weighted by molar-refractivity contribution is 6.47. The number of benzene rings is 2. The fourth-order valence-corrected chi connectivity index (χ4v) is 4.44. The molecule has 8 heteroatoms. The van der Waals surface area contributed by atoms with E-state index in [1.807, 2.05) is 24.3 Å². The number of dihydropyridines is 1. The third kappa shape index (κ3) is 11.3. The molecule has 0 amide bonds. The number of amidine groups is 2. The number of ketones is 1. The van der Waals surface area contributed by atoms with Crippen molar-refractivity contribution in [3.05, 3.63) is 65.7 Å². The van der Waals surface area contributed by atoms with Crippen LogP contribution in [0.15, 0.2) is 70.2 Å². The number of nitrogens with two attached hydrogens (primary N) is 1. The van der Waals surface area contributed by atoms with E-state index in [4.69, 9.17) is 10.7 Å². The minimum absolute atomic E-state index is 0.00662. The van der Waals surface area contributed by atoms with Crippen LogP contribution in [0, 0.1) is 0 Å². The summed E-state index contributed by atoms with van der Waals surface area (Å²) >= 11 is 0. The van der Waals surface area contributed by atoms with Crippen molar-refractivity contribution >= 4 is 34.5 Å². The van der Waals surface area contributed by atoms with Crippen molar-refractivity contribution in [2.45, 2.75) is 38.5 Å². The van der Waals surface area contributed by atoms with Crippen LogP contribution in [0.1, 0.15) is 37.7 Å². The molecule has 0 saturated heterocycles. The molecule has 2 aromatic rings. The molecule has 0 aliphatic carbocycles. The maximum absolute atomic E-state index is 12.2. The largest absolute Gasteiger partial charge is 0.385 e. The van der Waals surface area contributed by atoms with Crippen molar-refractivity contribution in [2.24, 2.45) is 15.7 Å². The van der Waals surface area contributed by atoms with Gasteiger partial charge in [0.25, 0.3) is 0 Å². The number of nitrogens with zero attached hydrogens (tertiary/aromatic N) is 4. The van der Waals surface area contributed by atoms with Crippen LogP contribution in [0.25, 0.3) is 0 Å². The monoisotopic (exact) mass is 546 g/mol. The molecular formula is C32H48N7O+. The number of hydrogen-bond donors (Lipinski definition) is 3. The molecule has 0 saturated carbocycles. The minimum Gasteiger partial charge on any atom is -0.385 e. The molecule has 1 aliphatic rings. The third-order valence-electron chi connectivity index (χ3n) is 6.74. The molecule has 0 radical (unpaired) electrons. The Kier molecular flexibility index (Phi) is 11.9. The van der Waals surface area contributed by atoms with E-state index in [0.717, 1.165) is 86.1 Å². The first-order valence-corrected chi connectivity index (χ1v) is 14.4. The summed E-state index contributed by atoms with van der Waals surface area (Å²) in [5.74, 6) is 0.285. The first-order chi connectivity index (χ1) is 19.1. The second kappa shape index (κ2) is 15.3. The molecule has 40 heavy (non-hydrogen) atoms. The molecule has 0 atom stereocenters. The molecule has 0 unspecified atom stereocenters. The lowest BCUT2D eigenvalue weighted by Crippen LogP contribution is -2.36. The van der Waals surface area contributed by atoms with Gasteiger partial charge in [-0.15, -0.1) is 0 Å². The van der Waals surface area contributed by atoms with Crippen LogP contribution in [-0.2, 0) is 11.2 Å². The number of hydrogen-bond acceptors (Lipinski definition) is 6. The molecule has 8 nitrogen and oxygen atoms in total. The van der Waals surface area contributed by atoms with Gasteiger partial charge in [0.2, 0.25) is 5.78 Å². The van der Waals surface area contributed by atoms with Crippen molar-refractivity contribution in [1.82, 2.24) is 4.90 Å². The number of rotatable bonds is 16. The highest BCUT2D eigenvalue weighted by atomic mass is 16.1. The van der Waals surface area contributed by atoms with E-state index in [2.05, 4.69) is 80.0 Å². The van der Waals surface area contributed by atoms with Crippen molar-refractivity contribution in [2.75, 3.05) is 72.1 Å². The summed E-state index contributed by atoms with van der Waals surface area (Å²) in [6.07, 6.45) is 7.50. The van der Waals surface area contributed by atoms with Gasteiger partial charge in [0.05, 0.1) is 33.4 Å². The van der Waals surface area contributed by atoms with Crippen molar-refractivity contribution < 1.29 is 9.28 Å². The summed E-state index contributed by atoms with van der Waals surface area (Å²) in [6, 6.07) is 16.7. The number of aryl methyl sites for hydroxylation is 1. The predicted octanol–water partition coefficient (Wildman–Crippen LogP) is 4.87. The van der Waals surface area contributed by atoms with Gasteiger partial charge in [0.1, 0.15) is 0 Å². The normalized spacial score (nSPS) is 14.8. The average Bonchev–Trinajstić information content (AvgIpc) is 2.90. The smallest absolute Gasteiger partial charge is 0.220 e. The quantitative estimate of drug-likeness (QED) is 0.206. The molecule has 0 aromatic heterocycles. The molecule has 216 valence electrons. The lowest BCUT2D eigenvalue weighted by molar-refractivity contribution is -0.870. The van der Waals surface area contributed by atoms with Crippen LogP contribution < -0.4 is 16.4 Å². The third-order valence-corrected chi connectivity index (χ3v) is 6.74. The fraction of sp³-hybridized carbons (Fsp3) is 0.469. The van der Waals surface area contributed by atoms with Crippen molar-refractivity contribution in [1.29, 1.82) is 0 Å². The lowest BCUT2D eigenvalue weighted by atomic mass is 10.0. The Morgan fingerprint density at radius 3 is 2.08 bits per heavy atom. The first-order valence-electron chi connectivity index (χ1n) is 14.4. The Hall–Kier alpha value is -3.49. The van der Waals surface area contributed by atoms with Crippen LogP contribution in [0.4, 0.5) is 17.1 Å². The summed E-state index contributed by atoms with van der Waals surface area (Å²) < 4.78 is 0.987. The summed E-state index contributed by atoms with van der Waals surface area (Å²) in [7, 11) is 10.8. The molecule has 0 bridgehead atoms. The van der Waals surface area contributed by atoms with Crippen LogP contribution >= 0.6 is 0 Å². The summed E-state index contributed by atoms with van der Waals surface area (Å²) in [6.45, 7) is 4.10. The highest BCUT2D eigenvalue weighted by Crippen LogP contribution is 2.22. The lowest BCUT2D eigenvalue weighted by Gasteiger charge is -2.23. The van der Waals surface area contributed by atoms with Gasteiger partial charge in [-0.1, -0.05) is 12.1 Å². The minimum atomic E-state index is -0.240. The number of anilines is 2. The van der Waals surface area contributed by atoms with Crippen LogP contribution in [0.3, 0.4) is 0 Å². The Morgan fingerprint density at radius 2 is 1.45 bits per heavy atom. The zero-order valence-electron chi connectivity index (χ0n) is 25.0. The maximum Gasteiger partial charge on any atom is 0.220 e. The van der Waals surface area contributed by atoms with Gasteiger partial charge in [-0.3, -0.25) is 4.79 Å². The van der Waals surface area contributed by atoms with E-state index in [1.54, 1.807) is 6.08 Å². The number of aliphatic imine (C=N–C) groups is 2. The SMILES string of the molecule is CN(C)CCCNc1ccc(N=C2N=C(N)C(=O)C=C2CCCCc2ccc(NCCC[N+](C)(C)C)cc2)cc1. The number of quaternary nitrogens is 1. The van der Waals surface area contributed by atoms with Crippen molar-refractivity contribution in [3.8, 4) is 0 Å². The summed E-state index contributed by atoms with van der Waals surface area (Å²) in [5, 5.41) is 6.95. The van der Waals surface area contributed by atoms with Gasteiger partial charge in [-0.05, 0) is 101 Å². The molecule has 2 aromatic carbocycles. The molecule has 3 rings (SSSR count). The Morgan fingerprint density at radius 1 is 0.850 bits per heavy atom. The average molecular weight is 547 g/mol. The van der Waals surface area contributed by atoms with E-state index >= 15 is 0 Å². The Bertz CT molecular complexity index is 1170. The molecule has 0 fully saturated rings. The van der Waals surface area contributed by atoms with Crippen LogP contribution in [-0.4, -0.2) is 88.3 Å². The zero-order valence-corrected chi connectivity index (χ0v) is 25.0. The molecular weight excluding hydrogens is 498 g/mol. The van der Waals surface area contributed by atoms with E-state index in [1.165, 1.54) is 11.3 Å². The summed E-state index contributed by atoms with van der Waals surface area (Å²) in [4.78, 5) is 23.5. The predicted molar refractivity (Wildman–Crippen MR) is 170 cm³/mol. The zero-order chi connectivity index (χ0) is 29.0. The molecule has 1 aliphatic heterocycles. The van der Waals surface area contributed by atoms with Crippen molar-refractivity contribution in [3.63, 3.8) is 0 Å². The number of carbonyl (C=O) groups is 1. The molecule has 0 spiro atoms. The maximum atomic E-state index is 12.2. The topological polar surface area (TPSA) is 95.1 Å². The fourth-order valence-electron chi connectivity index (χ4n) is 4.44. The highest BCUT2D eigenvalue weighted by Gasteiger charge is 2.18. The number of nitrogens with one attached hydrogen (secondary N) is 2. The van der Waals surface area contributed by atoms with E-state index in [0.29, 0.717) is 5.84 Å². The van der Waals surface area contributed by atoms with Gasteiger partial charge in [0.15, 0.2) is 11.7 Å². The summed E-state index contributed by atoms with van der Waals surface area (Å²) in [5.41, 5.74) is 11.0. The van der Waals surface area contributed by atoms with Gasteiger partial charge in [-0.25, -0.2) is 9.98 Å². The number of carbonyl (C=O) groups excluding carboxylic acids is 1. The molecule has 4 N–H and O–H groups in total. The first kappa shape index (κ1) is 31.0. The van der Waals surface area contributed by atoms with Gasteiger partial charge in [0, 0.05) is 36.5 Å². The van der Waals surface area contributed by atoms with Gasteiger partial charge >= 0.3 is 0 Å². The standard InChI is InChI=1S/C32H47N7O/c1-38(2)22-8-20-34-28-16-18-29(19-17-28)36-32-26(24-30(40)31(33)37-32)11-7-6-10-25-12-14-27(15-13-25)35-21-9-23-39(3,4)5/h12-19,24,35H,6-11,20-23H2,1-5H3,(H2-,33,34,36,37,40)/p+1. The molecule has 1 heterocycles. The van der Waals surface area contributed by atoms with Gasteiger partial charge in [-0.2, -0.15) is 0 Å². The van der Waals surface area contributed by atoms with Crippen LogP contribution in [0.5, 0.6) is 0 Å². The van der Waals surface area contributed by atoms with Gasteiger partial charge < -0.3 is 25.8 Å².